The van der Waals surface area contributed by atoms with Gasteiger partial charge in [-0.05, 0) is 20.3 Å². The second-order valence-electron chi connectivity index (χ2n) is 4.49. The van der Waals surface area contributed by atoms with Crippen LogP contribution in [0.15, 0.2) is 0 Å². The summed E-state index contributed by atoms with van der Waals surface area (Å²) in [5.41, 5.74) is 5.17. The second kappa shape index (κ2) is 7.45. The van der Waals surface area contributed by atoms with Crippen molar-refractivity contribution < 1.29 is 8.42 Å². The van der Waals surface area contributed by atoms with Crippen molar-refractivity contribution in [2.45, 2.75) is 39.2 Å². The number of hydrogen-bond donors (Lipinski definition) is 2. The van der Waals surface area contributed by atoms with E-state index in [2.05, 4.69) is 4.72 Å². The molecule has 0 spiro atoms. The van der Waals surface area contributed by atoms with Crippen molar-refractivity contribution in [3.63, 3.8) is 0 Å². The first-order valence-electron chi connectivity index (χ1n) is 5.19. The lowest BCUT2D eigenvalue weighted by molar-refractivity contribution is 0.433. The summed E-state index contributed by atoms with van der Waals surface area (Å²) >= 11 is 0. The summed E-state index contributed by atoms with van der Waals surface area (Å²) in [5, 5.41) is 0. The minimum Gasteiger partial charge on any atom is -0.324 e. The Labute approximate surface area is 105 Å². The van der Waals surface area contributed by atoms with Gasteiger partial charge in [-0.2, -0.15) is 12.7 Å². The predicted octanol–water partition coefficient (Wildman–Crippen LogP) is 0.712. The van der Waals surface area contributed by atoms with E-state index in [4.69, 9.17) is 5.73 Å². The van der Waals surface area contributed by atoms with E-state index in [1.807, 2.05) is 6.92 Å². The number of nitrogens with two attached hydrogens (primary N) is 1. The normalized spacial score (nSPS) is 12.6. The van der Waals surface area contributed by atoms with E-state index >= 15 is 0 Å². The van der Waals surface area contributed by atoms with Crippen molar-refractivity contribution in [1.29, 1.82) is 0 Å². The molecule has 0 aliphatic heterocycles. The molecular weight excluding hydrogens is 250 g/mol. The minimum atomic E-state index is -3.36. The Balaban J connectivity index is 0. The summed E-state index contributed by atoms with van der Waals surface area (Å²) in [6.45, 7) is 6.36. The molecule has 0 aromatic carbocycles. The van der Waals surface area contributed by atoms with Crippen LogP contribution < -0.4 is 10.5 Å². The molecule has 0 fully saturated rings. The molecule has 3 N–H and O–H groups in total. The summed E-state index contributed by atoms with van der Waals surface area (Å²) in [4.78, 5) is 0. The molecule has 0 aromatic rings. The van der Waals surface area contributed by atoms with Crippen LogP contribution in [-0.4, -0.2) is 38.4 Å². The molecule has 0 radical (unpaired) electrons. The highest BCUT2D eigenvalue weighted by Gasteiger charge is 2.20. The molecule has 16 heavy (non-hydrogen) atoms. The summed E-state index contributed by atoms with van der Waals surface area (Å²) < 4.78 is 27.1. The Morgan fingerprint density at radius 2 is 1.88 bits per heavy atom. The van der Waals surface area contributed by atoms with Crippen LogP contribution in [0.1, 0.15) is 33.6 Å². The molecule has 0 rings (SSSR count). The maximum absolute atomic E-state index is 11.6. The zero-order chi connectivity index (χ0) is 12.1. The van der Waals surface area contributed by atoms with E-state index in [9.17, 15) is 8.42 Å². The SMILES string of the molecule is CCCCN(C)S(=O)(=O)NCC(C)(C)N.Cl. The predicted molar refractivity (Wildman–Crippen MR) is 70.0 cm³/mol. The van der Waals surface area contributed by atoms with Gasteiger partial charge in [0.05, 0.1) is 0 Å². The minimum absolute atomic E-state index is 0. The number of nitrogens with one attached hydrogen (secondary N) is 1. The van der Waals surface area contributed by atoms with Crippen LogP contribution in [0.4, 0.5) is 0 Å². The van der Waals surface area contributed by atoms with Crippen molar-refractivity contribution in [2.24, 2.45) is 5.73 Å². The van der Waals surface area contributed by atoms with Crippen LogP contribution in [0.25, 0.3) is 0 Å². The Bertz CT molecular complexity index is 275. The van der Waals surface area contributed by atoms with E-state index in [1.54, 1.807) is 20.9 Å². The van der Waals surface area contributed by atoms with Crippen molar-refractivity contribution >= 4 is 22.6 Å². The van der Waals surface area contributed by atoms with Gasteiger partial charge >= 0.3 is 0 Å². The topological polar surface area (TPSA) is 75.4 Å². The van der Waals surface area contributed by atoms with Gasteiger partial charge in [-0.3, -0.25) is 0 Å². The third-order valence-corrected chi connectivity index (χ3v) is 3.46. The maximum Gasteiger partial charge on any atom is 0.279 e. The first-order valence-corrected chi connectivity index (χ1v) is 6.63. The number of halogens is 1. The van der Waals surface area contributed by atoms with Crippen molar-refractivity contribution in [3.8, 4) is 0 Å². The Morgan fingerprint density at radius 1 is 1.38 bits per heavy atom. The summed E-state index contributed by atoms with van der Waals surface area (Å²) in [5.74, 6) is 0. The van der Waals surface area contributed by atoms with E-state index in [1.165, 1.54) is 4.31 Å². The molecular formula is C9H24ClN3O2S. The first-order chi connectivity index (χ1) is 6.69. The van der Waals surface area contributed by atoms with E-state index < -0.39 is 15.7 Å². The highest BCUT2D eigenvalue weighted by atomic mass is 35.5. The van der Waals surface area contributed by atoms with Gasteiger partial charge in [0.2, 0.25) is 0 Å². The van der Waals surface area contributed by atoms with Crippen LogP contribution in [0.3, 0.4) is 0 Å². The highest BCUT2D eigenvalue weighted by molar-refractivity contribution is 7.87. The monoisotopic (exact) mass is 273 g/mol. The van der Waals surface area contributed by atoms with Crippen molar-refractivity contribution in [3.05, 3.63) is 0 Å². The first kappa shape index (κ1) is 18.5. The molecule has 0 saturated heterocycles. The maximum atomic E-state index is 11.6. The van der Waals surface area contributed by atoms with E-state index in [0.717, 1.165) is 12.8 Å². The molecule has 0 aliphatic carbocycles. The Kier molecular flexibility index (Phi) is 8.60. The quantitative estimate of drug-likeness (QED) is 0.717. The second-order valence-corrected chi connectivity index (χ2v) is 6.35. The molecule has 7 heteroatoms. The molecule has 0 unspecified atom stereocenters. The smallest absolute Gasteiger partial charge is 0.279 e. The fourth-order valence-electron chi connectivity index (χ4n) is 0.888. The van der Waals surface area contributed by atoms with Crippen LogP contribution in [0.5, 0.6) is 0 Å². The summed E-state index contributed by atoms with van der Waals surface area (Å²) in [7, 11) is -1.79. The van der Waals surface area contributed by atoms with Gasteiger partial charge in [0.1, 0.15) is 0 Å². The summed E-state index contributed by atoms with van der Waals surface area (Å²) in [6, 6.07) is 0. The van der Waals surface area contributed by atoms with Gasteiger partial charge in [-0.15, -0.1) is 12.4 Å². The van der Waals surface area contributed by atoms with Gasteiger partial charge in [0, 0.05) is 25.7 Å². The lowest BCUT2D eigenvalue weighted by atomic mass is 10.1. The standard InChI is InChI=1S/C9H23N3O2S.ClH/c1-5-6-7-12(4)15(13,14)11-8-9(2,3)10;/h11H,5-8,10H2,1-4H3;1H. The molecule has 0 heterocycles. The van der Waals surface area contributed by atoms with Gasteiger partial charge in [-0.25, -0.2) is 4.72 Å². The molecule has 0 aliphatic rings. The van der Waals surface area contributed by atoms with Gasteiger partial charge in [0.15, 0.2) is 0 Å². The number of nitrogens with zero attached hydrogens (tertiary/aromatic N) is 1. The average molecular weight is 274 g/mol. The van der Waals surface area contributed by atoms with Crippen LogP contribution in [0.2, 0.25) is 0 Å². The van der Waals surface area contributed by atoms with Crippen molar-refractivity contribution in [2.75, 3.05) is 20.1 Å². The zero-order valence-corrected chi connectivity index (χ0v) is 12.1. The number of rotatable bonds is 7. The van der Waals surface area contributed by atoms with E-state index in [-0.39, 0.29) is 19.0 Å². The zero-order valence-electron chi connectivity index (χ0n) is 10.5. The summed E-state index contributed by atoms with van der Waals surface area (Å²) in [6.07, 6.45) is 1.84. The van der Waals surface area contributed by atoms with Gasteiger partial charge in [-0.1, -0.05) is 13.3 Å². The van der Waals surface area contributed by atoms with Crippen LogP contribution in [-0.2, 0) is 10.2 Å². The largest absolute Gasteiger partial charge is 0.324 e. The number of hydrogen-bond acceptors (Lipinski definition) is 3. The fourth-order valence-corrected chi connectivity index (χ4v) is 2.03. The van der Waals surface area contributed by atoms with E-state index in [0.29, 0.717) is 6.54 Å². The fraction of sp³-hybridized carbons (Fsp3) is 1.00. The van der Waals surface area contributed by atoms with Crippen LogP contribution in [0, 0.1) is 0 Å². The molecule has 0 atom stereocenters. The lowest BCUT2D eigenvalue weighted by Gasteiger charge is -2.22. The molecule has 5 nitrogen and oxygen atoms in total. The molecule has 100 valence electrons. The van der Waals surface area contributed by atoms with Gasteiger partial charge in [0.25, 0.3) is 10.2 Å². The molecule has 0 amide bonds. The van der Waals surface area contributed by atoms with Crippen LogP contribution >= 0.6 is 12.4 Å². The van der Waals surface area contributed by atoms with Crippen molar-refractivity contribution in [1.82, 2.24) is 9.03 Å². The third kappa shape index (κ3) is 8.29. The Hall–Kier alpha value is 0.120. The molecule has 0 saturated carbocycles. The van der Waals surface area contributed by atoms with Gasteiger partial charge < -0.3 is 5.73 Å². The number of unbranched alkanes of at least 4 members (excludes halogenated alkanes) is 1. The third-order valence-electron chi connectivity index (χ3n) is 1.95. The molecule has 0 aromatic heterocycles. The average Bonchev–Trinajstić information content (AvgIpc) is 2.10. The highest BCUT2D eigenvalue weighted by Crippen LogP contribution is 2.00. The Morgan fingerprint density at radius 3 is 2.25 bits per heavy atom. The molecule has 0 bridgehead atoms. The lowest BCUT2D eigenvalue weighted by Crippen LogP contribution is -2.48.